The Labute approximate surface area is 71.2 Å². The van der Waals surface area contributed by atoms with Crippen LogP contribution in [0.2, 0.25) is 0 Å². The molecule has 0 saturated heterocycles. The van der Waals surface area contributed by atoms with Gasteiger partial charge in [-0.3, -0.25) is 10.1 Å². The van der Waals surface area contributed by atoms with Crippen molar-refractivity contribution in [2.24, 2.45) is 0 Å². The Kier molecular flexibility index (Phi) is 2.43. The zero-order chi connectivity index (χ0) is 9.14. The summed E-state index contributed by atoms with van der Waals surface area (Å²) in [7, 11) is 0. The average molecular weight is 165 g/mol. The molecule has 0 aromatic rings. The molecule has 0 radical (unpaired) electrons. The smallest absolute Gasteiger partial charge is 0.250 e. The SMILES string of the molecule is CC1=CC=C([N+](=O)[O-])CC=C1C. The van der Waals surface area contributed by atoms with E-state index in [1.165, 1.54) is 0 Å². The zero-order valence-electron chi connectivity index (χ0n) is 7.20. The van der Waals surface area contributed by atoms with Gasteiger partial charge in [0, 0.05) is 6.08 Å². The second-order valence-electron chi connectivity index (χ2n) is 2.86. The minimum atomic E-state index is -0.334. The Morgan fingerprint density at radius 1 is 1.33 bits per heavy atom. The summed E-state index contributed by atoms with van der Waals surface area (Å²) < 4.78 is 0. The van der Waals surface area contributed by atoms with E-state index in [0.717, 1.165) is 11.1 Å². The monoisotopic (exact) mass is 165 g/mol. The van der Waals surface area contributed by atoms with Gasteiger partial charge in [-0.1, -0.05) is 17.7 Å². The maximum absolute atomic E-state index is 10.4. The van der Waals surface area contributed by atoms with Gasteiger partial charge in [0.05, 0.1) is 11.3 Å². The van der Waals surface area contributed by atoms with Crippen LogP contribution in [0.1, 0.15) is 20.3 Å². The highest BCUT2D eigenvalue weighted by molar-refractivity contribution is 5.34. The van der Waals surface area contributed by atoms with Gasteiger partial charge in [-0.2, -0.15) is 0 Å². The summed E-state index contributed by atoms with van der Waals surface area (Å²) in [5.41, 5.74) is 2.46. The Morgan fingerprint density at radius 2 is 2.00 bits per heavy atom. The quantitative estimate of drug-likeness (QED) is 0.442. The molecule has 0 aliphatic heterocycles. The van der Waals surface area contributed by atoms with Gasteiger partial charge in [0.25, 0.3) is 0 Å². The zero-order valence-corrected chi connectivity index (χ0v) is 7.20. The fourth-order valence-electron chi connectivity index (χ4n) is 0.975. The van der Waals surface area contributed by atoms with E-state index in [-0.39, 0.29) is 10.6 Å². The van der Waals surface area contributed by atoms with Crippen molar-refractivity contribution in [3.8, 4) is 0 Å². The van der Waals surface area contributed by atoms with Gasteiger partial charge in [0.1, 0.15) is 0 Å². The first-order valence-corrected chi connectivity index (χ1v) is 3.80. The van der Waals surface area contributed by atoms with Crippen LogP contribution < -0.4 is 0 Å². The van der Waals surface area contributed by atoms with Gasteiger partial charge >= 0.3 is 0 Å². The Morgan fingerprint density at radius 3 is 2.58 bits per heavy atom. The summed E-state index contributed by atoms with van der Waals surface area (Å²) in [4.78, 5) is 10.1. The van der Waals surface area contributed by atoms with E-state index in [2.05, 4.69) is 0 Å². The predicted molar refractivity (Wildman–Crippen MR) is 47.2 cm³/mol. The molecule has 64 valence electrons. The lowest BCUT2D eigenvalue weighted by Crippen LogP contribution is -1.96. The number of nitrogens with zero attached hydrogens (tertiary/aromatic N) is 1. The lowest BCUT2D eigenvalue weighted by Gasteiger charge is -1.95. The molecule has 0 aromatic carbocycles. The molecule has 0 fully saturated rings. The Hall–Kier alpha value is -1.38. The second-order valence-corrected chi connectivity index (χ2v) is 2.86. The standard InChI is InChI=1S/C9H11NO2/c1-7-3-5-9(10(11)12)6-4-8(7)2/h3-5H,6H2,1-2H3. The van der Waals surface area contributed by atoms with E-state index in [1.807, 2.05) is 19.9 Å². The van der Waals surface area contributed by atoms with Crippen LogP contribution in [0.4, 0.5) is 0 Å². The van der Waals surface area contributed by atoms with Crippen molar-refractivity contribution >= 4 is 0 Å². The highest BCUT2D eigenvalue weighted by Gasteiger charge is 2.09. The molecule has 0 bridgehead atoms. The molecule has 0 N–H and O–H groups in total. The van der Waals surface area contributed by atoms with Crippen molar-refractivity contribution in [3.05, 3.63) is 45.2 Å². The van der Waals surface area contributed by atoms with Crippen LogP contribution >= 0.6 is 0 Å². The minimum Gasteiger partial charge on any atom is -0.259 e. The average Bonchev–Trinajstić information content (AvgIpc) is 2.16. The molecule has 3 heteroatoms. The van der Waals surface area contributed by atoms with Gasteiger partial charge < -0.3 is 0 Å². The lowest BCUT2D eigenvalue weighted by molar-refractivity contribution is -0.426. The predicted octanol–water partition coefficient (Wildman–Crippen LogP) is 2.44. The number of allylic oxidation sites excluding steroid dienone is 5. The highest BCUT2D eigenvalue weighted by Crippen LogP contribution is 2.17. The third kappa shape index (κ3) is 1.81. The fourth-order valence-corrected chi connectivity index (χ4v) is 0.975. The van der Waals surface area contributed by atoms with Crippen LogP contribution in [0.15, 0.2) is 35.1 Å². The van der Waals surface area contributed by atoms with Crippen LogP contribution in [0.25, 0.3) is 0 Å². The number of nitro groups is 1. The molecule has 0 spiro atoms. The molecule has 0 aromatic heterocycles. The van der Waals surface area contributed by atoms with Gasteiger partial charge in [-0.15, -0.1) is 0 Å². The van der Waals surface area contributed by atoms with E-state index in [0.29, 0.717) is 6.42 Å². The first-order valence-electron chi connectivity index (χ1n) is 3.80. The van der Waals surface area contributed by atoms with Crippen LogP contribution in [-0.4, -0.2) is 4.92 Å². The van der Waals surface area contributed by atoms with E-state index < -0.39 is 0 Å². The van der Waals surface area contributed by atoms with Crippen LogP contribution in [-0.2, 0) is 0 Å². The molecule has 1 aliphatic rings. The summed E-state index contributed by atoms with van der Waals surface area (Å²) in [5.74, 6) is 0. The second kappa shape index (κ2) is 3.34. The van der Waals surface area contributed by atoms with Crippen molar-refractivity contribution in [1.82, 2.24) is 0 Å². The molecule has 0 unspecified atom stereocenters. The molecule has 1 rings (SSSR count). The third-order valence-corrected chi connectivity index (χ3v) is 2.00. The van der Waals surface area contributed by atoms with Crippen molar-refractivity contribution < 1.29 is 4.92 Å². The molecule has 0 saturated carbocycles. The Balaban J connectivity index is 2.95. The highest BCUT2D eigenvalue weighted by atomic mass is 16.6. The third-order valence-electron chi connectivity index (χ3n) is 2.00. The minimum absolute atomic E-state index is 0.256. The first kappa shape index (κ1) is 8.71. The van der Waals surface area contributed by atoms with Gasteiger partial charge in [0.15, 0.2) is 0 Å². The largest absolute Gasteiger partial charge is 0.259 e. The molecule has 0 heterocycles. The van der Waals surface area contributed by atoms with E-state index in [1.54, 1.807) is 12.2 Å². The molecule has 1 aliphatic carbocycles. The fraction of sp³-hybridized carbons (Fsp3) is 0.333. The van der Waals surface area contributed by atoms with Gasteiger partial charge in [-0.25, -0.2) is 0 Å². The van der Waals surface area contributed by atoms with Crippen molar-refractivity contribution in [3.63, 3.8) is 0 Å². The normalized spacial score (nSPS) is 17.3. The summed E-state index contributed by atoms with van der Waals surface area (Å²) in [6, 6.07) is 0. The van der Waals surface area contributed by atoms with Crippen LogP contribution in [0, 0.1) is 10.1 Å². The van der Waals surface area contributed by atoms with Crippen LogP contribution in [0.5, 0.6) is 0 Å². The van der Waals surface area contributed by atoms with E-state index in [4.69, 9.17) is 0 Å². The van der Waals surface area contributed by atoms with E-state index in [9.17, 15) is 10.1 Å². The number of rotatable bonds is 1. The molecule has 0 amide bonds. The summed E-state index contributed by atoms with van der Waals surface area (Å²) in [6.07, 6.45) is 5.67. The van der Waals surface area contributed by atoms with Gasteiger partial charge in [0.2, 0.25) is 5.70 Å². The first-order chi connectivity index (χ1) is 5.61. The number of hydrogen-bond acceptors (Lipinski definition) is 2. The van der Waals surface area contributed by atoms with Crippen molar-refractivity contribution in [1.29, 1.82) is 0 Å². The summed E-state index contributed by atoms with van der Waals surface area (Å²) >= 11 is 0. The summed E-state index contributed by atoms with van der Waals surface area (Å²) in [6.45, 7) is 3.91. The molecule has 12 heavy (non-hydrogen) atoms. The lowest BCUT2D eigenvalue weighted by atomic mass is 10.1. The maximum Gasteiger partial charge on any atom is 0.250 e. The maximum atomic E-state index is 10.4. The molecule has 0 atom stereocenters. The van der Waals surface area contributed by atoms with E-state index >= 15 is 0 Å². The number of hydrogen-bond donors (Lipinski definition) is 0. The van der Waals surface area contributed by atoms with Crippen LogP contribution in [0.3, 0.4) is 0 Å². The van der Waals surface area contributed by atoms with Crippen molar-refractivity contribution in [2.75, 3.05) is 0 Å². The molecular weight excluding hydrogens is 154 g/mol. The molecular formula is C9H11NO2. The Bertz CT molecular complexity index is 298. The van der Waals surface area contributed by atoms with Crippen molar-refractivity contribution in [2.45, 2.75) is 20.3 Å². The molecule has 3 nitrogen and oxygen atoms in total. The summed E-state index contributed by atoms with van der Waals surface area (Å²) in [5, 5.41) is 10.4. The topological polar surface area (TPSA) is 43.1 Å². The van der Waals surface area contributed by atoms with Gasteiger partial charge in [-0.05, 0) is 19.4 Å².